The molecule has 210 valence electrons. The average Bonchev–Trinajstić information content (AvgIpc) is 3.18. The van der Waals surface area contributed by atoms with Crippen LogP contribution in [-0.2, 0) is 34.2 Å². The van der Waals surface area contributed by atoms with Gasteiger partial charge in [-0.25, -0.2) is 0 Å². The maximum absolute atomic E-state index is 13.3. The average molecular weight is 547 g/mol. The van der Waals surface area contributed by atoms with Crippen LogP contribution in [0.15, 0.2) is 48.8 Å². The molecule has 4 heterocycles. The van der Waals surface area contributed by atoms with Gasteiger partial charge >= 0.3 is 0 Å². The molecule has 4 aliphatic heterocycles. The van der Waals surface area contributed by atoms with Gasteiger partial charge in [-0.15, -0.1) is 6.58 Å². The molecule has 39 heavy (non-hydrogen) atoms. The zero-order valence-corrected chi connectivity index (χ0v) is 20.8. The highest BCUT2D eigenvalue weighted by atomic mass is 16.8. The number of nitrogens with zero attached hydrogens (tertiary/aromatic N) is 1. The van der Waals surface area contributed by atoms with Gasteiger partial charge in [0.15, 0.2) is 11.9 Å². The van der Waals surface area contributed by atoms with E-state index in [1.165, 1.54) is 6.08 Å². The number of carbonyl (C=O) groups excluding carboxylic acids is 3. The number of ether oxygens (including phenoxy) is 3. The molecule has 0 aliphatic carbocycles. The fourth-order valence-electron chi connectivity index (χ4n) is 5.50. The van der Waals surface area contributed by atoms with E-state index >= 15 is 0 Å². The zero-order chi connectivity index (χ0) is 28.1. The fourth-order valence-corrected chi connectivity index (χ4v) is 5.50. The Morgan fingerprint density at radius 1 is 1.13 bits per heavy atom. The van der Waals surface area contributed by atoms with E-state index in [-0.39, 0.29) is 25.0 Å². The highest BCUT2D eigenvalue weighted by molar-refractivity contribution is 6.08. The Labute approximate surface area is 222 Å². The Kier molecular flexibility index (Phi) is 7.33. The fraction of sp³-hybridized carbons (Fsp3) is 0.500. The molecule has 0 bridgehead atoms. The second-order valence-electron chi connectivity index (χ2n) is 10.00. The monoisotopic (exact) mass is 546 g/mol. The van der Waals surface area contributed by atoms with Gasteiger partial charge in [-0.05, 0) is 6.07 Å². The summed E-state index contributed by atoms with van der Waals surface area (Å²) in [7, 11) is 0. The van der Waals surface area contributed by atoms with Crippen LogP contribution in [0.3, 0.4) is 0 Å². The van der Waals surface area contributed by atoms with Crippen LogP contribution >= 0.6 is 0 Å². The van der Waals surface area contributed by atoms with Crippen LogP contribution in [0.2, 0.25) is 0 Å². The van der Waals surface area contributed by atoms with Gasteiger partial charge in [-0.3, -0.25) is 19.3 Å². The van der Waals surface area contributed by atoms with Gasteiger partial charge in [-0.1, -0.05) is 24.3 Å². The molecule has 4 aliphatic rings. The molecule has 0 aromatic heterocycles. The minimum Gasteiger partial charge on any atom is -0.471 e. The van der Waals surface area contributed by atoms with Crippen molar-refractivity contribution in [1.82, 2.24) is 4.90 Å². The van der Waals surface area contributed by atoms with Gasteiger partial charge in [0, 0.05) is 42.5 Å². The first-order valence-corrected chi connectivity index (χ1v) is 12.5. The second kappa shape index (κ2) is 10.4. The summed E-state index contributed by atoms with van der Waals surface area (Å²) in [5.41, 5.74) is -0.912. The predicted molar refractivity (Wildman–Crippen MR) is 130 cm³/mol. The Hall–Kier alpha value is -3.17. The van der Waals surface area contributed by atoms with Crippen LogP contribution in [0.1, 0.15) is 18.4 Å². The lowest BCUT2D eigenvalue weighted by molar-refractivity contribution is -0.339. The van der Waals surface area contributed by atoms with Gasteiger partial charge in [0.05, 0.1) is 18.4 Å². The van der Waals surface area contributed by atoms with Crippen molar-refractivity contribution in [1.29, 1.82) is 0 Å². The molecule has 9 atom stereocenters. The molecule has 1 aromatic rings. The number of rotatable bonds is 7. The Balaban J connectivity index is 1.30. The highest BCUT2D eigenvalue weighted by Crippen LogP contribution is 2.42. The molecule has 0 saturated carbocycles. The summed E-state index contributed by atoms with van der Waals surface area (Å²) in [5, 5.41) is 53.5. The molecule has 2 fully saturated rings. The number of piperidine rings is 1. The minimum atomic E-state index is -1.90. The van der Waals surface area contributed by atoms with E-state index < -0.39 is 78.8 Å². The number of carbonyl (C=O) groups is 3. The molecule has 3 amide bonds. The van der Waals surface area contributed by atoms with Crippen molar-refractivity contribution >= 4 is 23.4 Å². The maximum atomic E-state index is 13.3. The first kappa shape index (κ1) is 27.4. The molecule has 0 spiro atoms. The van der Waals surface area contributed by atoms with Gasteiger partial charge in [0.2, 0.25) is 12.2 Å². The van der Waals surface area contributed by atoms with E-state index in [2.05, 4.69) is 11.9 Å². The third kappa shape index (κ3) is 4.55. The Morgan fingerprint density at radius 2 is 1.87 bits per heavy atom. The van der Waals surface area contributed by atoms with E-state index in [0.717, 1.165) is 11.2 Å². The topological polar surface area (TPSA) is 195 Å². The molecule has 6 N–H and O–H groups in total. The quantitative estimate of drug-likeness (QED) is 0.171. The van der Waals surface area contributed by atoms with E-state index in [0.29, 0.717) is 11.3 Å². The number of fused-ring (bicyclic) bond motifs is 2. The number of anilines is 1. The highest BCUT2D eigenvalue weighted by Gasteiger charge is 2.51. The van der Waals surface area contributed by atoms with Crippen molar-refractivity contribution < 1.29 is 54.1 Å². The summed E-state index contributed by atoms with van der Waals surface area (Å²) in [4.78, 5) is 39.9. The third-order valence-corrected chi connectivity index (χ3v) is 7.78. The Bertz CT molecular complexity index is 1200. The predicted octanol–water partition coefficient (Wildman–Crippen LogP) is -1.55. The van der Waals surface area contributed by atoms with Gasteiger partial charge in [-0.2, -0.15) is 0 Å². The van der Waals surface area contributed by atoms with E-state index in [4.69, 9.17) is 14.2 Å². The number of likely N-dealkylation sites (tertiary alicyclic amines) is 1. The van der Waals surface area contributed by atoms with Gasteiger partial charge in [0.25, 0.3) is 11.8 Å². The number of aliphatic hydroxyl groups excluding tert-OH is 4. The maximum Gasteiger partial charge on any atom is 0.261 e. The van der Waals surface area contributed by atoms with Crippen molar-refractivity contribution in [2.45, 2.75) is 55.4 Å². The van der Waals surface area contributed by atoms with Crippen LogP contribution in [0.4, 0.5) is 5.69 Å². The summed E-state index contributed by atoms with van der Waals surface area (Å²) >= 11 is 0. The number of aliphatic hydroxyl groups is 5. The van der Waals surface area contributed by atoms with E-state index in [9.17, 15) is 39.9 Å². The molecule has 0 unspecified atom stereocenters. The van der Waals surface area contributed by atoms with E-state index in [1.54, 1.807) is 24.3 Å². The number of imide groups is 1. The van der Waals surface area contributed by atoms with Crippen molar-refractivity contribution in [3.05, 3.63) is 54.3 Å². The van der Waals surface area contributed by atoms with Crippen LogP contribution in [0, 0.1) is 11.8 Å². The lowest BCUT2D eigenvalue weighted by Crippen LogP contribution is -2.60. The number of amides is 3. The zero-order valence-electron chi connectivity index (χ0n) is 20.8. The van der Waals surface area contributed by atoms with Crippen molar-refractivity contribution in [3.8, 4) is 0 Å². The third-order valence-electron chi connectivity index (χ3n) is 7.78. The summed E-state index contributed by atoms with van der Waals surface area (Å²) in [5.74, 6) is -3.26. The molecule has 13 nitrogen and oxygen atoms in total. The first-order chi connectivity index (χ1) is 18.6. The van der Waals surface area contributed by atoms with Crippen LogP contribution in [-0.4, -0.2) is 98.3 Å². The van der Waals surface area contributed by atoms with Crippen LogP contribution in [0.25, 0.3) is 0 Å². The van der Waals surface area contributed by atoms with Gasteiger partial charge < -0.3 is 45.1 Å². The van der Waals surface area contributed by atoms with Gasteiger partial charge in [0.1, 0.15) is 24.4 Å². The number of hydrogen-bond donors (Lipinski definition) is 6. The molecule has 13 heteroatoms. The lowest BCUT2D eigenvalue weighted by Gasteiger charge is -2.44. The standard InChI is InChI=1S/C26H30N2O11/c1-2-12-13-9-18(30)28(8-7-26(36)15-5-3-4-6-16(15)27-25(26)35)22(34)14(13)11-37-23(12)39-24-21(33)20(32)19(31)17(10-29)38-24/h2-6,11-13,17,19-21,23-24,29,31-33,36H,1,7-10H2,(H,27,35)/t12-,13+,17-,19-,20+,21-,23+,24+,26-/m1/s1. The Morgan fingerprint density at radius 3 is 2.59 bits per heavy atom. The van der Waals surface area contributed by atoms with E-state index in [1.807, 2.05) is 0 Å². The summed E-state index contributed by atoms with van der Waals surface area (Å²) in [6, 6.07) is 6.64. The SMILES string of the molecule is C=C[C@H]1[C@H](O[C@@H]2O[C@H](CO)[C@@H](O)[C@H](O)[C@H]2O)OC=C2C(=O)N(CC[C@]3(O)C(=O)Nc4ccccc43)C(=O)C[C@H]21. The number of hydrogen-bond acceptors (Lipinski definition) is 11. The molecule has 5 rings (SSSR count). The summed E-state index contributed by atoms with van der Waals surface area (Å²) in [6.45, 7) is 2.90. The summed E-state index contributed by atoms with van der Waals surface area (Å²) < 4.78 is 16.7. The summed E-state index contributed by atoms with van der Waals surface area (Å²) in [6.07, 6.45) is -6.52. The number of para-hydroxylation sites is 1. The number of benzene rings is 1. The molecule has 0 radical (unpaired) electrons. The number of nitrogens with one attached hydrogen (secondary N) is 1. The van der Waals surface area contributed by atoms with Crippen molar-refractivity contribution in [2.24, 2.45) is 11.8 Å². The first-order valence-electron chi connectivity index (χ1n) is 12.5. The van der Waals surface area contributed by atoms with Crippen molar-refractivity contribution in [2.75, 3.05) is 18.5 Å². The van der Waals surface area contributed by atoms with Crippen molar-refractivity contribution in [3.63, 3.8) is 0 Å². The lowest BCUT2D eigenvalue weighted by atomic mass is 9.78. The van der Waals surface area contributed by atoms with Crippen LogP contribution < -0.4 is 5.32 Å². The molecule has 1 aromatic carbocycles. The largest absolute Gasteiger partial charge is 0.471 e. The molecular weight excluding hydrogens is 516 g/mol. The van der Waals surface area contributed by atoms with Crippen LogP contribution in [0.5, 0.6) is 0 Å². The normalized spacial score (nSPS) is 37.9. The molecular formula is C26H30N2O11. The second-order valence-corrected chi connectivity index (χ2v) is 10.00. The molecule has 2 saturated heterocycles. The minimum absolute atomic E-state index is 0.132. The smallest absolute Gasteiger partial charge is 0.261 e.